The van der Waals surface area contributed by atoms with Gasteiger partial charge in [-0.1, -0.05) is 36.6 Å². The second-order valence-corrected chi connectivity index (χ2v) is 6.46. The average molecular weight is 298 g/mol. The van der Waals surface area contributed by atoms with Crippen LogP contribution in [0.1, 0.15) is 48.8 Å². The first-order valence-electron chi connectivity index (χ1n) is 8.49. The lowest BCUT2D eigenvalue weighted by Gasteiger charge is -2.24. The minimum absolute atomic E-state index is 0.984. The van der Waals surface area contributed by atoms with E-state index in [4.69, 9.17) is 0 Å². The van der Waals surface area contributed by atoms with Gasteiger partial charge in [0.05, 0.1) is 6.67 Å². The molecule has 0 aliphatic carbocycles. The van der Waals surface area contributed by atoms with Crippen LogP contribution in [0, 0.1) is 20.8 Å². The van der Waals surface area contributed by atoms with Gasteiger partial charge in [0.25, 0.3) is 0 Å². The van der Waals surface area contributed by atoms with Gasteiger partial charge in [-0.3, -0.25) is 0 Å². The van der Waals surface area contributed by atoms with Crippen molar-refractivity contribution in [3.8, 4) is 0 Å². The Morgan fingerprint density at radius 3 is 2.36 bits per heavy atom. The Morgan fingerprint density at radius 1 is 1.00 bits per heavy atom. The second-order valence-electron chi connectivity index (χ2n) is 6.46. The molecule has 0 fully saturated rings. The fraction of sp³-hybridized carbons (Fsp3) is 0.500. The van der Waals surface area contributed by atoms with Gasteiger partial charge in [-0.05, 0) is 51.2 Å². The SMILES string of the molecule is C=CCCCCCCN1C=CN(c2c(C)cc(C)cc2C)C1. The van der Waals surface area contributed by atoms with Crippen LogP contribution in [0.2, 0.25) is 0 Å². The van der Waals surface area contributed by atoms with E-state index in [1.165, 1.54) is 48.1 Å². The van der Waals surface area contributed by atoms with Crippen molar-refractivity contribution in [1.82, 2.24) is 4.90 Å². The molecule has 0 amide bonds. The maximum Gasteiger partial charge on any atom is 0.0942 e. The molecule has 1 aromatic carbocycles. The minimum atomic E-state index is 0.984. The van der Waals surface area contributed by atoms with Gasteiger partial charge in [0.1, 0.15) is 0 Å². The molecular weight excluding hydrogens is 268 g/mol. The van der Waals surface area contributed by atoms with Gasteiger partial charge in [-0.15, -0.1) is 6.58 Å². The summed E-state index contributed by atoms with van der Waals surface area (Å²) in [4.78, 5) is 4.80. The Labute approximate surface area is 136 Å². The monoisotopic (exact) mass is 298 g/mol. The van der Waals surface area contributed by atoms with Crippen LogP contribution in [0.5, 0.6) is 0 Å². The van der Waals surface area contributed by atoms with Crippen LogP contribution in [-0.2, 0) is 0 Å². The standard InChI is InChI=1S/C20H30N2/c1-5-6-7-8-9-10-11-21-12-13-22(16-21)20-18(3)14-17(2)15-19(20)4/h5,12-15H,1,6-11,16H2,2-4H3. The van der Waals surface area contributed by atoms with Crippen LogP contribution >= 0.6 is 0 Å². The van der Waals surface area contributed by atoms with Gasteiger partial charge >= 0.3 is 0 Å². The number of unbranched alkanes of at least 4 members (excludes halogenated alkanes) is 4. The van der Waals surface area contributed by atoms with Crippen molar-refractivity contribution < 1.29 is 0 Å². The number of allylic oxidation sites excluding steroid dienone is 1. The number of rotatable bonds is 8. The van der Waals surface area contributed by atoms with Crippen molar-refractivity contribution in [3.05, 3.63) is 53.9 Å². The summed E-state index contributed by atoms with van der Waals surface area (Å²) in [6, 6.07) is 4.55. The number of benzene rings is 1. The maximum absolute atomic E-state index is 3.78. The molecule has 1 aliphatic rings. The Kier molecular flexibility index (Phi) is 6.11. The van der Waals surface area contributed by atoms with Crippen molar-refractivity contribution in [2.75, 3.05) is 18.1 Å². The van der Waals surface area contributed by atoms with E-state index in [1.54, 1.807) is 0 Å². The summed E-state index contributed by atoms with van der Waals surface area (Å²) in [5.41, 5.74) is 5.45. The van der Waals surface area contributed by atoms with E-state index < -0.39 is 0 Å². The first-order chi connectivity index (χ1) is 10.6. The third-order valence-electron chi connectivity index (χ3n) is 4.32. The van der Waals surface area contributed by atoms with Crippen molar-refractivity contribution in [3.63, 3.8) is 0 Å². The third-order valence-corrected chi connectivity index (χ3v) is 4.32. The number of anilines is 1. The van der Waals surface area contributed by atoms with Gasteiger partial charge in [0.2, 0.25) is 0 Å². The van der Waals surface area contributed by atoms with Crippen LogP contribution in [0.4, 0.5) is 5.69 Å². The largest absolute Gasteiger partial charge is 0.358 e. The van der Waals surface area contributed by atoms with E-state index in [1.807, 2.05) is 6.08 Å². The molecule has 0 unspecified atom stereocenters. The summed E-state index contributed by atoms with van der Waals surface area (Å²) in [6.45, 7) is 12.5. The van der Waals surface area contributed by atoms with Crippen molar-refractivity contribution >= 4 is 5.69 Å². The first kappa shape index (κ1) is 16.7. The minimum Gasteiger partial charge on any atom is -0.358 e. The number of hydrogen-bond donors (Lipinski definition) is 0. The highest BCUT2D eigenvalue weighted by atomic mass is 15.3. The fourth-order valence-electron chi connectivity index (χ4n) is 3.34. The molecule has 0 spiro atoms. The second kappa shape index (κ2) is 8.07. The summed E-state index contributed by atoms with van der Waals surface area (Å²) in [7, 11) is 0. The average Bonchev–Trinajstić information content (AvgIpc) is 2.90. The number of aryl methyl sites for hydroxylation is 3. The highest BCUT2D eigenvalue weighted by Crippen LogP contribution is 2.28. The quantitative estimate of drug-likeness (QED) is 0.474. The molecule has 2 rings (SSSR count). The van der Waals surface area contributed by atoms with E-state index in [9.17, 15) is 0 Å². The van der Waals surface area contributed by atoms with Gasteiger partial charge in [-0.25, -0.2) is 0 Å². The summed E-state index contributed by atoms with van der Waals surface area (Å²) < 4.78 is 0. The third kappa shape index (κ3) is 4.40. The zero-order valence-corrected chi connectivity index (χ0v) is 14.4. The molecule has 0 atom stereocenters. The molecule has 0 N–H and O–H groups in total. The normalized spacial score (nSPS) is 14.0. The molecule has 0 saturated carbocycles. The summed E-state index contributed by atoms with van der Waals surface area (Å²) >= 11 is 0. The number of nitrogens with zero attached hydrogens (tertiary/aromatic N) is 2. The predicted molar refractivity (Wildman–Crippen MR) is 97.1 cm³/mol. The van der Waals surface area contributed by atoms with Crippen molar-refractivity contribution in [1.29, 1.82) is 0 Å². The molecule has 0 aromatic heterocycles. The van der Waals surface area contributed by atoms with Crippen LogP contribution in [0.25, 0.3) is 0 Å². The Morgan fingerprint density at radius 2 is 1.68 bits per heavy atom. The molecule has 0 radical (unpaired) electrons. The van der Waals surface area contributed by atoms with Crippen LogP contribution in [0.15, 0.2) is 37.2 Å². The van der Waals surface area contributed by atoms with Crippen molar-refractivity contribution in [2.24, 2.45) is 0 Å². The molecule has 2 heteroatoms. The van der Waals surface area contributed by atoms with E-state index in [2.05, 4.69) is 61.7 Å². The molecule has 1 heterocycles. The molecule has 22 heavy (non-hydrogen) atoms. The topological polar surface area (TPSA) is 6.48 Å². The van der Waals surface area contributed by atoms with E-state index in [0.29, 0.717) is 0 Å². The molecule has 1 aromatic rings. The van der Waals surface area contributed by atoms with Gasteiger partial charge in [0.15, 0.2) is 0 Å². The van der Waals surface area contributed by atoms with E-state index >= 15 is 0 Å². The van der Waals surface area contributed by atoms with Gasteiger partial charge < -0.3 is 9.80 Å². The van der Waals surface area contributed by atoms with Crippen LogP contribution in [0.3, 0.4) is 0 Å². The van der Waals surface area contributed by atoms with Crippen LogP contribution < -0.4 is 4.90 Å². The van der Waals surface area contributed by atoms with Gasteiger partial charge in [0, 0.05) is 24.6 Å². The van der Waals surface area contributed by atoms with Crippen molar-refractivity contribution in [2.45, 2.75) is 52.9 Å². The van der Waals surface area contributed by atoms with E-state index in [-0.39, 0.29) is 0 Å². The first-order valence-corrected chi connectivity index (χ1v) is 8.49. The van der Waals surface area contributed by atoms with E-state index in [0.717, 1.165) is 19.6 Å². The molecule has 1 aliphatic heterocycles. The maximum atomic E-state index is 3.78. The molecule has 0 saturated heterocycles. The molecular formula is C20H30N2. The van der Waals surface area contributed by atoms with Crippen LogP contribution in [-0.4, -0.2) is 18.1 Å². The smallest absolute Gasteiger partial charge is 0.0942 e. The lowest BCUT2D eigenvalue weighted by molar-refractivity contribution is 0.389. The summed E-state index contributed by atoms with van der Waals surface area (Å²) in [5, 5.41) is 0. The summed E-state index contributed by atoms with van der Waals surface area (Å²) in [6.07, 6.45) is 12.8. The fourth-order valence-corrected chi connectivity index (χ4v) is 3.34. The lowest BCUT2D eigenvalue weighted by atomic mass is 10.0. The highest BCUT2D eigenvalue weighted by molar-refractivity contribution is 5.62. The Hall–Kier alpha value is -1.70. The Bertz CT molecular complexity index is 508. The molecule has 2 nitrogen and oxygen atoms in total. The summed E-state index contributed by atoms with van der Waals surface area (Å²) in [5.74, 6) is 0. The molecule has 0 bridgehead atoms. The molecule has 120 valence electrons. The number of hydrogen-bond acceptors (Lipinski definition) is 2. The lowest BCUT2D eigenvalue weighted by Crippen LogP contribution is -2.26. The highest BCUT2D eigenvalue weighted by Gasteiger charge is 2.17. The van der Waals surface area contributed by atoms with Gasteiger partial charge in [-0.2, -0.15) is 0 Å². The zero-order chi connectivity index (χ0) is 15.9. The predicted octanol–water partition coefficient (Wildman–Crippen LogP) is 5.30. The Balaban J connectivity index is 1.81. The zero-order valence-electron chi connectivity index (χ0n) is 14.4.